The molecule has 0 saturated carbocycles. The fourth-order valence-corrected chi connectivity index (χ4v) is 1.70. The molecule has 0 bridgehead atoms. The fraction of sp³-hybridized carbons (Fsp3) is 0.615. The number of nitrogens with one attached hydrogen (secondary N) is 1. The van der Waals surface area contributed by atoms with Crippen LogP contribution in [0.15, 0.2) is 18.5 Å². The van der Waals surface area contributed by atoms with E-state index in [1.807, 2.05) is 12.4 Å². The van der Waals surface area contributed by atoms with E-state index in [4.69, 9.17) is 0 Å². The van der Waals surface area contributed by atoms with Gasteiger partial charge in [-0.15, -0.1) is 0 Å². The minimum Gasteiger partial charge on any atom is -0.305 e. The van der Waals surface area contributed by atoms with Gasteiger partial charge in [-0.2, -0.15) is 0 Å². The Morgan fingerprint density at radius 1 is 1.47 bits per heavy atom. The third-order valence-corrected chi connectivity index (χ3v) is 3.04. The molecule has 1 N–H and O–H groups in total. The van der Waals surface area contributed by atoms with E-state index in [0.717, 1.165) is 6.42 Å². The third-order valence-electron chi connectivity index (χ3n) is 3.04. The van der Waals surface area contributed by atoms with Crippen molar-refractivity contribution in [3.8, 4) is 0 Å². The van der Waals surface area contributed by atoms with Crippen molar-refractivity contribution in [3.05, 3.63) is 29.6 Å². The van der Waals surface area contributed by atoms with Crippen LogP contribution in [0.4, 0.5) is 0 Å². The van der Waals surface area contributed by atoms with Crippen LogP contribution in [-0.2, 0) is 0 Å². The third kappa shape index (κ3) is 3.31. The fourth-order valence-electron chi connectivity index (χ4n) is 1.70. The maximum Gasteiger partial charge on any atom is 0.0318 e. The Morgan fingerprint density at radius 2 is 2.13 bits per heavy atom. The molecule has 0 aliphatic rings. The van der Waals surface area contributed by atoms with Gasteiger partial charge in [0.05, 0.1) is 0 Å². The highest BCUT2D eigenvalue weighted by atomic mass is 15.0. The predicted octanol–water partition coefficient (Wildman–Crippen LogP) is 3.23. The van der Waals surface area contributed by atoms with Crippen molar-refractivity contribution >= 4 is 0 Å². The van der Waals surface area contributed by atoms with Gasteiger partial charge in [-0.25, -0.2) is 0 Å². The van der Waals surface area contributed by atoms with E-state index >= 15 is 0 Å². The van der Waals surface area contributed by atoms with Crippen molar-refractivity contribution in [2.75, 3.05) is 0 Å². The van der Waals surface area contributed by atoms with E-state index in [9.17, 15) is 0 Å². The summed E-state index contributed by atoms with van der Waals surface area (Å²) in [5.41, 5.74) is 2.78. The van der Waals surface area contributed by atoms with Crippen molar-refractivity contribution in [2.24, 2.45) is 0 Å². The molecule has 0 saturated heterocycles. The van der Waals surface area contributed by atoms with Crippen molar-refractivity contribution in [3.63, 3.8) is 0 Å². The predicted molar refractivity (Wildman–Crippen MR) is 64.9 cm³/mol. The molecule has 1 aromatic rings. The molecule has 1 atom stereocenters. The number of aromatic nitrogens is 1. The number of hydrogen-bond acceptors (Lipinski definition) is 2. The first-order valence-corrected chi connectivity index (χ1v) is 5.64. The summed E-state index contributed by atoms with van der Waals surface area (Å²) in [6.07, 6.45) is 4.92. The standard InChI is InChI=1S/C13H22N2/c1-6-13(4,5)15-11(3)12-9-14-8-7-10(12)2/h7-9,11,15H,6H2,1-5H3. The zero-order chi connectivity index (χ0) is 11.5. The van der Waals surface area contributed by atoms with Gasteiger partial charge in [-0.1, -0.05) is 6.92 Å². The summed E-state index contributed by atoms with van der Waals surface area (Å²) in [6.45, 7) is 11.0. The minimum atomic E-state index is 0.182. The number of nitrogens with zero attached hydrogens (tertiary/aromatic N) is 1. The molecule has 1 rings (SSSR count). The van der Waals surface area contributed by atoms with Gasteiger partial charge in [0.2, 0.25) is 0 Å². The number of pyridine rings is 1. The van der Waals surface area contributed by atoms with Crippen LogP contribution in [0.1, 0.15) is 51.3 Å². The van der Waals surface area contributed by atoms with Crippen LogP contribution < -0.4 is 5.32 Å². The van der Waals surface area contributed by atoms with Crippen LogP contribution in [0.5, 0.6) is 0 Å². The monoisotopic (exact) mass is 206 g/mol. The number of aryl methyl sites for hydroxylation is 1. The van der Waals surface area contributed by atoms with Crippen molar-refractivity contribution in [1.29, 1.82) is 0 Å². The first-order chi connectivity index (χ1) is 6.96. The maximum atomic E-state index is 4.18. The normalized spacial score (nSPS) is 13.9. The molecule has 1 unspecified atom stereocenters. The molecular weight excluding hydrogens is 184 g/mol. The molecule has 0 fully saturated rings. The highest BCUT2D eigenvalue weighted by Gasteiger charge is 2.19. The van der Waals surface area contributed by atoms with Gasteiger partial charge in [0.25, 0.3) is 0 Å². The van der Waals surface area contributed by atoms with Gasteiger partial charge < -0.3 is 5.32 Å². The molecule has 0 aliphatic carbocycles. The molecular formula is C13H22N2. The smallest absolute Gasteiger partial charge is 0.0318 e. The van der Waals surface area contributed by atoms with Crippen LogP contribution in [0.2, 0.25) is 0 Å². The summed E-state index contributed by atoms with van der Waals surface area (Å²) < 4.78 is 0. The van der Waals surface area contributed by atoms with Crippen LogP contribution >= 0.6 is 0 Å². The summed E-state index contributed by atoms with van der Waals surface area (Å²) in [5, 5.41) is 3.62. The van der Waals surface area contributed by atoms with E-state index in [0.29, 0.717) is 6.04 Å². The molecule has 84 valence electrons. The van der Waals surface area contributed by atoms with Crippen LogP contribution in [-0.4, -0.2) is 10.5 Å². The SMILES string of the molecule is CCC(C)(C)NC(C)c1cnccc1C. The average Bonchev–Trinajstić information content (AvgIpc) is 2.17. The largest absolute Gasteiger partial charge is 0.305 e. The molecule has 15 heavy (non-hydrogen) atoms. The van der Waals surface area contributed by atoms with Crippen LogP contribution in [0.3, 0.4) is 0 Å². The second kappa shape index (κ2) is 4.75. The van der Waals surface area contributed by atoms with Gasteiger partial charge in [-0.3, -0.25) is 4.98 Å². The lowest BCUT2D eigenvalue weighted by atomic mass is 9.97. The zero-order valence-corrected chi connectivity index (χ0v) is 10.5. The quantitative estimate of drug-likeness (QED) is 0.818. The molecule has 1 heterocycles. The topological polar surface area (TPSA) is 24.9 Å². The Hall–Kier alpha value is -0.890. The Bertz CT molecular complexity index is 318. The maximum absolute atomic E-state index is 4.18. The summed E-state index contributed by atoms with van der Waals surface area (Å²) >= 11 is 0. The molecule has 1 aromatic heterocycles. The van der Waals surface area contributed by atoms with E-state index in [1.54, 1.807) is 0 Å². The lowest BCUT2D eigenvalue weighted by Crippen LogP contribution is -2.40. The van der Waals surface area contributed by atoms with Crippen molar-refractivity contribution in [1.82, 2.24) is 10.3 Å². The average molecular weight is 206 g/mol. The summed E-state index contributed by atoms with van der Waals surface area (Å²) in [6, 6.07) is 2.42. The van der Waals surface area contributed by atoms with Gasteiger partial charge in [-0.05, 0) is 51.3 Å². The first-order valence-electron chi connectivity index (χ1n) is 5.64. The zero-order valence-electron chi connectivity index (χ0n) is 10.5. The Balaban J connectivity index is 2.78. The first kappa shape index (κ1) is 12.2. The van der Waals surface area contributed by atoms with E-state index in [-0.39, 0.29) is 5.54 Å². The van der Waals surface area contributed by atoms with Crippen molar-refractivity contribution < 1.29 is 0 Å². The molecule has 0 aliphatic heterocycles. The van der Waals surface area contributed by atoms with Crippen molar-refractivity contribution in [2.45, 2.75) is 52.6 Å². The van der Waals surface area contributed by atoms with E-state index in [1.165, 1.54) is 11.1 Å². The van der Waals surface area contributed by atoms with Gasteiger partial charge in [0.1, 0.15) is 0 Å². The minimum absolute atomic E-state index is 0.182. The Labute approximate surface area is 93.1 Å². The molecule has 2 nitrogen and oxygen atoms in total. The summed E-state index contributed by atoms with van der Waals surface area (Å²) in [7, 11) is 0. The molecule has 0 radical (unpaired) electrons. The summed E-state index contributed by atoms with van der Waals surface area (Å²) in [5.74, 6) is 0. The highest BCUT2D eigenvalue weighted by molar-refractivity contribution is 5.24. The van der Waals surface area contributed by atoms with Gasteiger partial charge in [0, 0.05) is 24.0 Å². The van der Waals surface area contributed by atoms with Crippen LogP contribution in [0.25, 0.3) is 0 Å². The highest BCUT2D eigenvalue weighted by Crippen LogP contribution is 2.20. The molecule has 0 spiro atoms. The Morgan fingerprint density at radius 3 is 2.67 bits per heavy atom. The number of rotatable bonds is 4. The molecule has 0 amide bonds. The molecule has 0 aromatic carbocycles. The lowest BCUT2D eigenvalue weighted by Gasteiger charge is -2.29. The second-order valence-electron chi connectivity index (χ2n) is 4.84. The number of hydrogen-bond donors (Lipinski definition) is 1. The van der Waals surface area contributed by atoms with Gasteiger partial charge in [0.15, 0.2) is 0 Å². The van der Waals surface area contributed by atoms with E-state index < -0.39 is 0 Å². The van der Waals surface area contributed by atoms with E-state index in [2.05, 4.69) is 51.0 Å². The Kier molecular flexibility index (Phi) is 3.86. The second-order valence-corrected chi connectivity index (χ2v) is 4.84. The van der Waals surface area contributed by atoms with Gasteiger partial charge >= 0.3 is 0 Å². The lowest BCUT2D eigenvalue weighted by molar-refractivity contribution is 0.337. The molecule has 2 heteroatoms. The summed E-state index contributed by atoms with van der Waals surface area (Å²) in [4.78, 5) is 4.18. The van der Waals surface area contributed by atoms with Crippen LogP contribution in [0, 0.1) is 6.92 Å².